The number of amides is 2. The number of nitrogens with zero attached hydrogens (tertiary/aromatic N) is 3. The van der Waals surface area contributed by atoms with E-state index in [2.05, 4.69) is 0 Å². The first kappa shape index (κ1) is 56.2. The smallest absolute Gasteiger partial charge is 0.333 e. The molecule has 74 heavy (non-hydrogen) atoms. The molecule has 28 heteroatoms. The molecule has 0 saturated carbocycles. The summed E-state index contributed by atoms with van der Waals surface area (Å²) in [6.07, 6.45) is 4.91. The number of imide groups is 1. The van der Waals surface area contributed by atoms with Crippen LogP contribution in [0.3, 0.4) is 0 Å². The van der Waals surface area contributed by atoms with E-state index in [1.165, 1.54) is 31.4 Å². The molecule has 0 aromatic heterocycles. The molecule has 7 rings (SSSR count). The van der Waals surface area contributed by atoms with Crippen LogP contribution in [0.25, 0.3) is 21.5 Å². The summed E-state index contributed by atoms with van der Waals surface area (Å²) < 4.78 is 194. The monoisotopic (exact) mass is 1120 g/mol. The molecule has 0 N–H and O–H groups in total. The maximum absolute atomic E-state index is 12.6. The number of carbonyl (C=O) groups excluding carboxylic acids is 3. The molecule has 1 saturated heterocycles. The molecule has 0 aliphatic carbocycles. The number of rotatable bonds is 20. The predicted octanol–water partition coefficient (Wildman–Crippen LogP) is 3.34. The summed E-state index contributed by atoms with van der Waals surface area (Å²) in [6, 6.07) is 8.38. The van der Waals surface area contributed by atoms with Gasteiger partial charge < -0.3 is 37.2 Å². The fraction of sp³-hybridized carbons (Fsp3) is 0.391. The number of anilines is 1. The van der Waals surface area contributed by atoms with Gasteiger partial charge in [-0.15, -0.1) is 5.06 Å². The summed E-state index contributed by atoms with van der Waals surface area (Å²) in [5.41, 5.74) is -0.691. The average Bonchev–Trinajstić information content (AvgIpc) is 3.81. The van der Waals surface area contributed by atoms with E-state index in [1.807, 2.05) is 0 Å². The molecule has 0 spiro atoms. The zero-order valence-electron chi connectivity index (χ0n) is 39.9. The molecule has 1 fully saturated rings. The van der Waals surface area contributed by atoms with Crippen LogP contribution in [0.4, 0.5) is 11.4 Å². The maximum Gasteiger partial charge on any atom is 0.333 e. The van der Waals surface area contributed by atoms with Gasteiger partial charge in [0.25, 0.3) is 11.8 Å². The molecule has 400 valence electrons. The van der Waals surface area contributed by atoms with Crippen molar-refractivity contribution >= 4 is 107 Å². The minimum Gasteiger partial charge on any atom is -0.748 e. The Kier molecular flexibility index (Phi) is 15.3. The van der Waals surface area contributed by atoms with Gasteiger partial charge in [0.2, 0.25) is 5.69 Å². The van der Waals surface area contributed by atoms with Crippen molar-refractivity contribution in [1.29, 1.82) is 0 Å². The number of benzene rings is 4. The Hall–Kier alpha value is -5.53. The highest BCUT2D eigenvalue weighted by Crippen LogP contribution is 2.54. The summed E-state index contributed by atoms with van der Waals surface area (Å²) >= 11 is 0. The lowest BCUT2D eigenvalue weighted by Gasteiger charge is -2.31. The van der Waals surface area contributed by atoms with Crippen LogP contribution >= 0.6 is 0 Å². The Balaban J connectivity index is 1.39. The van der Waals surface area contributed by atoms with E-state index in [0.717, 1.165) is 12.1 Å². The van der Waals surface area contributed by atoms with Crippen molar-refractivity contribution in [3.8, 4) is 0 Å². The van der Waals surface area contributed by atoms with Crippen molar-refractivity contribution < 1.29 is 93.4 Å². The normalized spacial score (nSPS) is 19.0. The highest BCUT2D eigenvalue weighted by atomic mass is 32.2. The van der Waals surface area contributed by atoms with Crippen LogP contribution in [0.1, 0.15) is 83.3 Å². The quantitative estimate of drug-likeness (QED) is 0.0530. The number of allylic oxidation sites excluding steroid dienone is 4. The zero-order valence-corrected chi connectivity index (χ0v) is 44.0. The van der Waals surface area contributed by atoms with Crippen molar-refractivity contribution in [2.24, 2.45) is 0 Å². The second-order valence-electron chi connectivity index (χ2n) is 18.5. The second-order valence-corrected chi connectivity index (χ2v) is 25.5. The lowest BCUT2D eigenvalue weighted by atomic mass is 9.75. The summed E-state index contributed by atoms with van der Waals surface area (Å²) in [6.45, 7) is 5.27. The number of fused-ring (bicyclic) bond motifs is 6. The lowest BCUT2D eigenvalue weighted by Crippen LogP contribution is -2.32. The largest absolute Gasteiger partial charge is 0.748 e. The van der Waals surface area contributed by atoms with Crippen LogP contribution in [-0.2, 0) is 85.4 Å². The molecule has 3 aliphatic heterocycles. The molecular formula is C46H47N3O20S5-4. The van der Waals surface area contributed by atoms with Crippen molar-refractivity contribution in [3.63, 3.8) is 0 Å². The highest BCUT2D eigenvalue weighted by Gasteiger charge is 2.47. The summed E-state index contributed by atoms with van der Waals surface area (Å²) in [5.74, 6) is -2.98. The summed E-state index contributed by atoms with van der Waals surface area (Å²) in [5, 5.41) is -0.204. The van der Waals surface area contributed by atoms with Crippen molar-refractivity contribution in [3.05, 3.63) is 83.6 Å². The lowest BCUT2D eigenvalue weighted by molar-refractivity contribution is -0.438. The third kappa shape index (κ3) is 11.2. The third-order valence-electron chi connectivity index (χ3n) is 13.3. The van der Waals surface area contributed by atoms with Gasteiger partial charge in [0.05, 0.1) is 41.7 Å². The number of carbonyl (C=O) groups is 3. The Morgan fingerprint density at radius 1 is 0.703 bits per heavy atom. The van der Waals surface area contributed by atoms with E-state index in [9.17, 15) is 79.2 Å². The first-order valence-electron chi connectivity index (χ1n) is 22.6. The number of unbranched alkanes of at least 4 members (excludes halogenated alkanes) is 2. The first-order valence-corrected chi connectivity index (χ1v) is 29.8. The van der Waals surface area contributed by atoms with E-state index in [1.54, 1.807) is 48.5 Å². The SMILES string of the molecule is COCCN1C(=CC=CC2=[N+](CCCCCC(=O)ON3C(=O)CCC3=O)c3ccc4c(S(=O)(=O)[O-])cc(S(=O)(=O)[O-])cc4c3C2(C)C)C(C)(CCCS(=O)(=O)[O-])c2c1ccc1c(S(=O)(=O)[O-])cc(S(=O)(=O)[O-])cc21. The highest BCUT2D eigenvalue weighted by molar-refractivity contribution is 7.87. The average molecular weight is 1120 g/mol. The van der Waals surface area contributed by atoms with Crippen LogP contribution in [-0.4, -0.2) is 131 Å². The van der Waals surface area contributed by atoms with Crippen LogP contribution in [0.15, 0.2) is 92.0 Å². The van der Waals surface area contributed by atoms with Crippen LogP contribution < -0.4 is 4.90 Å². The summed E-state index contributed by atoms with van der Waals surface area (Å²) in [7, 11) is -25.0. The number of methoxy groups -OCH3 is 1. The van der Waals surface area contributed by atoms with E-state index in [4.69, 9.17) is 9.57 Å². The molecule has 3 heterocycles. The standard InChI is InChI=1S/C46H51N3O20S5/c1-45(2)38(47(20-7-5-6-12-42(52)69-49-40(50)17-18-41(49)51)34-15-13-30-32(43(34)45)24-28(71(56,57)58)26-36(30)73(62,63)64)10-8-11-39-46(3,19-9-23-70(53,54)55)44-33-25-29(72(59,60)61)27-37(74(65,66)67)31(33)14-16-35(44)48(39)21-22-68-4/h8,10-11,13-16,24-27H,5-7,9,12,17-23H2,1-4H3,(H4-,53,54,55,56,57,58,59,60,61,62,63,64,65,66,67)/p-4. The van der Waals surface area contributed by atoms with Gasteiger partial charge in [0.15, 0.2) is 5.71 Å². The Morgan fingerprint density at radius 2 is 1.26 bits per heavy atom. The Bertz CT molecular complexity index is 3720. The van der Waals surface area contributed by atoms with E-state index < -0.39 is 105 Å². The molecular weight excluding hydrogens is 1070 g/mol. The molecule has 2 amide bonds. The van der Waals surface area contributed by atoms with Crippen LogP contribution in [0, 0.1) is 0 Å². The molecule has 4 aromatic rings. The van der Waals surface area contributed by atoms with Gasteiger partial charge in [0.1, 0.15) is 47.0 Å². The van der Waals surface area contributed by atoms with Crippen molar-refractivity contribution in [1.82, 2.24) is 5.06 Å². The van der Waals surface area contributed by atoms with E-state index in [-0.39, 0.29) is 85.3 Å². The van der Waals surface area contributed by atoms with Gasteiger partial charge in [-0.3, -0.25) is 9.59 Å². The number of ether oxygens (including phenoxy) is 1. The van der Waals surface area contributed by atoms with Gasteiger partial charge in [-0.2, -0.15) is 4.58 Å². The second kappa shape index (κ2) is 20.2. The van der Waals surface area contributed by atoms with E-state index >= 15 is 0 Å². The number of hydroxylamine groups is 2. The molecule has 4 aromatic carbocycles. The minimum atomic E-state index is -5.44. The Morgan fingerprint density at radius 3 is 1.78 bits per heavy atom. The topological polar surface area (TPSA) is 365 Å². The van der Waals surface area contributed by atoms with Crippen molar-refractivity contribution in [2.75, 3.05) is 37.5 Å². The number of hydrogen-bond acceptors (Lipinski definition) is 21. The van der Waals surface area contributed by atoms with Gasteiger partial charge in [-0.05, 0) is 111 Å². The van der Waals surface area contributed by atoms with Gasteiger partial charge in [0, 0.05) is 85.0 Å². The first-order chi connectivity index (χ1) is 34.2. The molecule has 1 unspecified atom stereocenters. The van der Waals surface area contributed by atoms with Crippen LogP contribution in [0.5, 0.6) is 0 Å². The fourth-order valence-corrected chi connectivity index (χ4v) is 13.2. The number of hydrogen-bond donors (Lipinski definition) is 0. The van der Waals surface area contributed by atoms with Gasteiger partial charge >= 0.3 is 5.97 Å². The van der Waals surface area contributed by atoms with Crippen molar-refractivity contribution in [2.45, 2.75) is 103 Å². The van der Waals surface area contributed by atoms with Gasteiger partial charge in [-0.1, -0.05) is 12.1 Å². The molecule has 0 bridgehead atoms. The molecule has 23 nitrogen and oxygen atoms in total. The van der Waals surface area contributed by atoms with Crippen LogP contribution in [0.2, 0.25) is 0 Å². The molecule has 3 aliphatic rings. The fourth-order valence-electron chi connectivity index (χ4n) is 10.1. The predicted molar refractivity (Wildman–Crippen MR) is 256 cm³/mol. The van der Waals surface area contributed by atoms with Gasteiger partial charge in [-0.25, -0.2) is 46.9 Å². The minimum absolute atomic E-state index is 0.0354. The molecule has 1 atom stereocenters. The molecule has 0 radical (unpaired) electrons. The Labute approximate surface area is 426 Å². The maximum atomic E-state index is 12.6. The summed E-state index contributed by atoms with van der Waals surface area (Å²) in [4.78, 5) is 39.2. The van der Waals surface area contributed by atoms with E-state index in [0.29, 0.717) is 58.4 Å². The zero-order chi connectivity index (χ0) is 54.7. The third-order valence-corrected chi connectivity index (χ3v) is 17.5.